The Labute approximate surface area is 141 Å². The molecule has 3 nitrogen and oxygen atoms in total. The van der Waals surface area contributed by atoms with E-state index in [1.54, 1.807) is 11.3 Å². The van der Waals surface area contributed by atoms with Gasteiger partial charge < -0.3 is 14.5 Å². The second kappa shape index (κ2) is 5.43. The Morgan fingerprint density at radius 3 is 2.55 bits per heavy atom. The van der Waals surface area contributed by atoms with E-state index >= 15 is 0 Å². The Morgan fingerprint density at radius 1 is 1.00 bits per heavy atom. The highest BCUT2D eigenvalue weighted by Gasteiger charge is 2.17. The lowest BCUT2D eigenvalue weighted by Crippen LogP contribution is -1.92. The molecule has 22 heavy (non-hydrogen) atoms. The summed E-state index contributed by atoms with van der Waals surface area (Å²) in [7, 11) is 0. The summed E-state index contributed by atoms with van der Waals surface area (Å²) < 4.78 is 11.6. The number of halogens is 1. The molecule has 0 bridgehead atoms. The van der Waals surface area contributed by atoms with Crippen LogP contribution in [0.1, 0.15) is 0 Å². The van der Waals surface area contributed by atoms with Gasteiger partial charge in [-0.1, -0.05) is 23.7 Å². The van der Waals surface area contributed by atoms with E-state index in [2.05, 4.69) is 4.98 Å². The number of aromatic nitrogens is 1. The fourth-order valence-corrected chi connectivity index (χ4v) is 3.72. The van der Waals surface area contributed by atoms with Gasteiger partial charge in [-0.15, -0.1) is 11.3 Å². The number of nitrogens with one attached hydrogen (secondary N) is 1. The molecule has 0 saturated carbocycles. The van der Waals surface area contributed by atoms with Gasteiger partial charge in [-0.25, -0.2) is 0 Å². The first-order valence-corrected chi connectivity index (χ1v) is 8.20. The standard InChI is InChI=1S/C16H10ClNO2S2/c17-11-4-1-9(2-5-11)14-15(22-16(21)18-14)10-3-6-12-13(7-10)20-8-19-12/h1-7H,8H2,(H,18,21). The zero-order chi connectivity index (χ0) is 15.1. The third kappa shape index (κ3) is 2.41. The molecule has 6 heteroatoms. The van der Waals surface area contributed by atoms with Crippen LogP contribution in [0.25, 0.3) is 21.7 Å². The van der Waals surface area contributed by atoms with Gasteiger partial charge in [0.05, 0.1) is 10.6 Å². The number of benzene rings is 2. The molecule has 4 rings (SSSR count). The predicted molar refractivity (Wildman–Crippen MR) is 91.5 cm³/mol. The third-order valence-electron chi connectivity index (χ3n) is 3.42. The van der Waals surface area contributed by atoms with Crippen molar-refractivity contribution in [1.82, 2.24) is 4.98 Å². The minimum atomic E-state index is 0.270. The van der Waals surface area contributed by atoms with Crippen molar-refractivity contribution >= 4 is 35.2 Å². The number of thiazole rings is 1. The van der Waals surface area contributed by atoms with Crippen LogP contribution in [-0.4, -0.2) is 11.8 Å². The molecular formula is C16H10ClNO2S2. The molecule has 0 unspecified atom stereocenters. The lowest BCUT2D eigenvalue weighted by molar-refractivity contribution is 0.174. The first-order valence-electron chi connectivity index (χ1n) is 6.60. The Morgan fingerprint density at radius 2 is 1.73 bits per heavy atom. The second-order valence-corrected chi connectivity index (χ2v) is 6.92. The molecule has 1 N–H and O–H groups in total. The van der Waals surface area contributed by atoms with Gasteiger partial charge in [-0.3, -0.25) is 0 Å². The Balaban J connectivity index is 1.85. The number of aromatic amines is 1. The van der Waals surface area contributed by atoms with Crippen molar-refractivity contribution in [3.63, 3.8) is 0 Å². The topological polar surface area (TPSA) is 34.2 Å². The summed E-state index contributed by atoms with van der Waals surface area (Å²) in [6, 6.07) is 13.6. The Bertz CT molecular complexity index is 899. The molecule has 0 saturated heterocycles. The van der Waals surface area contributed by atoms with E-state index in [-0.39, 0.29) is 6.79 Å². The van der Waals surface area contributed by atoms with E-state index in [1.807, 2.05) is 42.5 Å². The summed E-state index contributed by atoms with van der Waals surface area (Å²) >= 11 is 12.8. The minimum absolute atomic E-state index is 0.270. The fraction of sp³-hybridized carbons (Fsp3) is 0.0625. The third-order valence-corrected chi connectivity index (χ3v) is 4.95. The molecule has 1 aromatic heterocycles. The van der Waals surface area contributed by atoms with E-state index in [4.69, 9.17) is 33.3 Å². The average molecular weight is 348 g/mol. The molecule has 1 aliphatic heterocycles. The van der Waals surface area contributed by atoms with Crippen LogP contribution >= 0.6 is 35.2 Å². The molecule has 0 amide bonds. The maximum atomic E-state index is 5.97. The first-order chi connectivity index (χ1) is 10.7. The highest BCUT2D eigenvalue weighted by molar-refractivity contribution is 7.73. The summed E-state index contributed by atoms with van der Waals surface area (Å²) in [6.45, 7) is 0.270. The van der Waals surface area contributed by atoms with Crippen LogP contribution in [0.5, 0.6) is 11.5 Å². The van der Waals surface area contributed by atoms with Crippen LogP contribution in [0.15, 0.2) is 42.5 Å². The van der Waals surface area contributed by atoms with Crippen molar-refractivity contribution in [2.45, 2.75) is 0 Å². The monoisotopic (exact) mass is 347 g/mol. The maximum Gasteiger partial charge on any atom is 0.231 e. The van der Waals surface area contributed by atoms with Crippen molar-refractivity contribution in [3.05, 3.63) is 51.4 Å². The number of ether oxygens (including phenoxy) is 2. The number of rotatable bonds is 2. The first kappa shape index (κ1) is 13.8. The number of H-pyrrole nitrogens is 1. The lowest BCUT2D eigenvalue weighted by atomic mass is 10.1. The van der Waals surface area contributed by atoms with Gasteiger partial charge in [-0.2, -0.15) is 0 Å². The number of hydrogen-bond donors (Lipinski definition) is 1. The molecule has 3 aromatic rings. The molecule has 0 aliphatic carbocycles. The van der Waals surface area contributed by atoms with E-state index in [1.165, 1.54) is 0 Å². The van der Waals surface area contributed by atoms with Crippen molar-refractivity contribution in [2.75, 3.05) is 6.79 Å². The summed E-state index contributed by atoms with van der Waals surface area (Å²) in [5.74, 6) is 1.54. The summed E-state index contributed by atoms with van der Waals surface area (Å²) in [4.78, 5) is 4.34. The van der Waals surface area contributed by atoms with Crippen molar-refractivity contribution in [2.24, 2.45) is 0 Å². The van der Waals surface area contributed by atoms with Crippen LogP contribution in [0.4, 0.5) is 0 Å². The molecule has 0 atom stereocenters. The van der Waals surface area contributed by atoms with Gasteiger partial charge in [-0.05, 0) is 53.7 Å². The largest absolute Gasteiger partial charge is 0.454 e. The lowest BCUT2D eigenvalue weighted by Gasteiger charge is -2.05. The SMILES string of the molecule is S=c1[nH]c(-c2ccc(Cl)cc2)c(-c2ccc3c(c2)OCO3)s1. The highest BCUT2D eigenvalue weighted by atomic mass is 35.5. The van der Waals surface area contributed by atoms with Gasteiger partial charge in [0.25, 0.3) is 0 Å². The summed E-state index contributed by atoms with van der Waals surface area (Å²) in [5, 5.41) is 0.710. The highest BCUT2D eigenvalue weighted by Crippen LogP contribution is 2.41. The average Bonchev–Trinajstić information content (AvgIpc) is 3.13. The van der Waals surface area contributed by atoms with Gasteiger partial charge in [0.1, 0.15) is 0 Å². The maximum absolute atomic E-state index is 5.97. The molecule has 1 aliphatic rings. The van der Waals surface area contributed by atoms with E-state index in [9.17, 15) is 0 Å². The zero-order valence-corrected chi connectivity index (χ0v) is 13.6. The van der Waals surface area contributed by atoms with Crippen LogP contribution in [0.3, 0.4) is 0 Å². The Kier molecular flexibility index (Phi) is 3.41. The summed E-state index contributed by atoms with van der Waals surface area (Å²) in [6.07, 6.45) is 0. The minimum Gasteiger partial charge on any atom is -0.454 e. The molecule has 110 valence electrons. The van der Waals surface area contributed by atoms with E-state index < -0.39 is 0 Å². The summed E-state index contributed by atoms with van der Waals surface area (Å²) in [5.41, 5.74) is 3.08. The zero-order valence-electron chi connectivity index (χ0n) is 11.3. The van der Waals surface area contributed by atoms with Gasteiger partial charge >= 0.3 is 0 Å². The van der Waals surface area contributed by atoms with Gasteiger partial charge in [0.15, 0.2) is 15.5 Å². The smallest absolute Gasteiger partial charge is 0.231 e. The van der Waals surface area contributed by atoms with Gasteiger partial charge in [0.2, 0.25) is 6.79 Å². The van der Waals surface area contributed by atoms with Crippen LogP contribution in [-0.2, 0) is 0 Å². The van der Waals surface area contributed by atoms with Crippen LogP contribution in [0.2, 0.25) is 5.02 Å². The molecule has 2 aromatic carbocycles. The van der Waals surface area contributed by atoms with Crippen LogP contribution < -0.4 is 9.47 Å². The van der Waals surface area contributed by atoms with Crippen molar-refractivity contribution < 1.29 is 9.47 Å². The second-order valence-electron chi connectivity index (χ2n) is 4.79. The molecular weight excluding hydrogens is 338 g/mol. The van der Waals surface area contributed by atoms with E-state index in [0.717, 1.165) is 37.2 Å². The Hall–Kier alpha value is -1.82. The molecule has 0 fully saturated rings. The normalized spacial score (nSPS) is 12.6. The predicted octanol–water partition coefficient (Wildman–Crippen LogP) is 5.52. The van der Waals surface area contributed by atoms with Crippen molar-refractivity contribution in [1.29, 1.82) is 0 Å². The number of fused-ring (bicyclic) bond motifs is 1. The molecule has 0 radical (unpaired) electrons. The molecule has 0 spiro atoms. The van der Waals surface area contributed by atoms with Crippen molar-refractivity contribution in [3.8, 4) is 33.2 Å². The van der Waals surface area contributed by atoms with Gasteiger partial charge in [0, 0.05) is 5.02 Å². The quantitative estimate of drug-likeness (QED) is 0.619. The van der Waals surface area contributed by atoms with E-state index in [0.29, 0.717) is 5.02 Å². The fourth-order valence-electron chi connectivity index (χ4n) is 2.39. The van der Waals surface area contributed by atoms with Crippen LogP contribution in [0, 0.1) is 3.95 Å². The number of hydrogen-bond acceptors (Lipinski definition) is 4. The molecule has 2 heterocycles.